The zero-order chi connectivity index (χ0) is 21.5. The molecule has 2 amide bonds. The molecule has 1 fully saturated rings. The molecule has 0 aliphatic carbocycles. The number of benzene rings is 2. The van der Waals surface area contributed by atoms with Gasteiger partial charge in [-0.05, 0) is 29.8 Å². The molecule has 0 spiro atoms. The fourth-order valence-corrected chi connectivity index (χ4v) is 3.47. The van der Waals surface area contributed by atoms with Crippen LogP contribution in [-0.2, 0) is 17.8 Å². The van der Waals surface area contributed by atoms with E-state index in [-0.39, 0.29) is 18.2 Å². The lowest BCUT2D eigenvalue weighted by Crippen LogP contribution is -2.51. The zero-order valence-electron chi connectivity index (χ0n) is 17.2. The first kappa shape index (κ1) is 20.5. The van der Waals surface area contributed by atoms with Gasteiger partial charge in [0.1, 0.15) is 18.2 Å². The number of rotatable bonds is 6. The van der Waals surface area contributed by atoms with Crippen LogP contribution in [0.4, 0.5) is 0 Å². The Morgan fingerprint density at radius 1 is 0.839 bits per heavy atom. The van der Waals surface area contributed by atoms with Gasteiger partial charge in [-0.1, -0.05) is 36.4 Å². The number of ether oxygens (including phenoxy) is 1. The molecule has 2 aromatic carbocycles. The molecule has 7 nitrogen and oxygen atoms in total. The van der Waals surface area contributed by atoms with Crippen molar-refractivity contribution >= 4 is 11.8 Å². The van der Waals surface area contributed by atoms with Gasteiger partial charge in [0.05, 0.1) is 6.42 Å². The summed E-state index contributed by atoms with van der Waals surface area (Å²) >= 11 is 0. The van der Waals surface area contributed by atoms with Crippen LogP contribution in [-0.4, -0.2) is 57.8 Å². The van der Waals surface area contributed by atoms with Gasteiger partial charge in [0.2, 0.25) is 5.91 Å². The molecule has 0 atom stereocenters. The van der Waals surface area contributed by atoms with E-state index in [4.69, 9.17) is 4.74 Å². The normalized spacial score (nSPS) is 13.7. The van der Waals surface area contributed by atoms with Crippen molar-refractivity contribution in [1.82, 2.24) is 19.8 Å². The van der Waals surface area contributed by atoms with Gasteiger partial charge in [0.15, 0.2) is 0 Å². The second-order valence-corrected chi connectivity index (χ2v) is 7.32. The fourth-order valence-electron chi connectivity index (χ4n) is 3.47. The van der Waals surface area contributed by atoms with Gasteiger partial charge in [0.25, 0.3) is 5.91 Å². The Kier molecular flexibility index (Phi) is 6.52. The van der Waals surface area contributed by atoms with E-state index in [2.05, 4.69) is 9.97 Å². The first-order valence-corrected chi connectivity index (χ1v) is 10.3. The Hall–Kier alpha value is -3.74. The highest BCUT2D eigenvalue weighted by molar-refractivity contribution is 5.94. The van der Waals surface area contributed by atoms with Gasteiger partial charge in [-0.15, -0.1) is 0 Å². The summed E-state index contributed by atoms with van der Waals surface area (Å²) in [6.45, 7) is 2.44. The molecule has 1 saturated heterocycles. The predicted molar refractivity (Wildman–Crippen MR) is 115 cm³/mol. The van der Waals surface area contributed by atoms with E-state index in [1.165, 1.54) is 0 Å². The summed E-state index contributed by atoms with van der Waals surface area (Å²) in [4.78, 5) is 37.2. The van der Waals surface area contributed by atoms with Crippen LogP contribution in [0.1, 0.15) is 21.7 Å². The molecule has 0 N–H and O–H groups in total. The predicted octanol–water partition coefficient (Wildman–Crippen LogP) is 2.58. The fraction of sp³-hybridized carbons (Fsp3) is 0.250. The van der Waals surface area contributed by atoms with Crippen LogP contribution in [0.15, 0.2) is 73.1 Å². The molecule has 1 aromatic heterocycles. The molecule has 158 valence electrons. The Morgan fingerprint density at radius 2 is 1.55 bits per heavy atom. The van der Waals surface area contributed by atoms with Gasteiger partial charge < -0.3 is 14.5 Å². The summed E-state index contributed by atoms with van der Waals surface area (Å²) in [6, 6.07) is 18.9. The zero-order valence-corrected chi connectivity index (χ0v) is 17.2. The largest absolute Gasteiger partial charge is 0.489 e. The third-order valence-corrected chi connectivity index (χ3v) is 5.18. The molecule has 0 bridgehead atoms. The monoisotopic (exact) mass is 416 g/mol. The highest BCUT2D eigenvalue weighted by atomic mass is 16.5. The van der Waals surface area contributed by atoms with E-state index in [1.807, 2.05) is 42.5 Å². The van der Waals surface area contributed by atoms with Crippen molar-refractivity contribution in [2.24, 2.45) is 0 Å². The average molecular weight is 416 g/mol. The second kappa shape index (κ2) is 9.84. The first-order valence-electron chi connectivity index (χ1n) is 10.3. The van der Waals surface area contributed by atoms with E-state index in [0.29, 0.717) is 49.9 Å². The van der Waals surface area contributed by atoms with Crippen LogP contribution in [0.3, 0.4) is 0 Å². The van der Waals surface area contributed by atoms with E-state index in [9.17, 15) is 9.59 Å². The van der Waals surface area contributed by atoms with Crippen LogP contribution < -0.4 is 4.74 Å². The number of amides is 2. The van der Waals surface area contributed by atoms with E-state index < -0.39 is 0 Å². The molecule has 3 aromatic rings. The molecule has 1 aliphatic heterocycles. The Labute approximate surface area is 181 Å². The van der Waals surface area contributed by atoms with E-state index in [0.717, 1.165) is 5.56 Å². The van der Waals surface area contributed by atoms with Crippen LogP contribution >= 0.6 is 0 Å². The Balaban J connectivity index is 1.30. The third-order valence-electron chi connectivity index (χ3n) is 5.18. The van der Waals surface area contributed by atoms with Gasteiger partial charge in [-0.2, -0.15) is 0 Å². The van der Waals surface area contributed by atoms with E-state index >= 15 is 0 Å². The minimum atomic E-state index is -0.0522. The molecular formula is C24H24N4O3. The van der Waals surface area contributed by atoms with Gasteiger partial charge in [-0.25, -0.2) is 9.97 Å². The molecule has 0 saturated carbocycles. The number of carbonyl (C=O) groups is 2. The van der Waals surface area contributed by atoms with Crippen LogP contribution in [0.25, 0.3) is 0 Å². The third kappa shape index (κ3) is 5.45. The molecule has 1 aliphatic rings. The molecule has 4 rings (SSSR count). The van der Waals surface area contributed by atoms with Gasteiger partial charge >= 0.3 is 0 Å². The molecule has 0 unspecified atom stereocenters. The van der Waals surface area contributed by atoms with Crippen molar-refractivity contribution in [2.45, 2.75) is 13.0 Å². The second-order valence-electron chi connectivity index (χ2n) is 7.32. The van der Waals surface area contributed by atoms with Crippen molar-refractivity contribution in [3.8, 4) is 5.75 Å². The summed E-state index contributed by atoms with van der Waals surface area (Å²) in [7, 11) is 0. The van der Waals surface area contributed by atoms with E-state index in [1.54, 1.807) is 40.4 Å². The summed E-state index contributed by atoms with van der Waals surface area (Å²) in [5, 5.41) is 0. The number of piperazine rings is 1. The standard InChI is InChI=1S/C24H24N4O3/c29-23(17-22-25-10-5-11-26-22)27-12-14-28(15-13-27)24(30)20-8-4-9-21(16-20)31-18-19-6-2-1-3-7-19/h1-11,16H,12-15,17-18H2. The minimum absolute atomic E-state index is 0.0189. The van der Waals surface area contributed by atoms with Crippen LogP contribution in [0, 0.1) is 0 Å². The quantitative estimate of drug-likeness (QED) is 0.617. The average Bonchev–Trinajstić information content (AvgIpc) is 2.84. The van der Waals surface area contributed by atoms with Crippen molar-refractivity contribution < 1.29 is 14.3 Å². The van der Waals surface area contributed by atoms with Crippen molar-refractivity contribution in [3.05, 3.63) is 90.0 Å². The lowest BCUT2D eigenvalue weighted by Gasteiger charge is -2.34. The van der Waals surface area contributed by atoms with Crippen molar-refractivity contribution in [1.29, 1.82) is 0 Å². The maximum Gasteiger partial charge on any atom is 0.254 e. The van der Waals surface area contributed by atoms with Crippen LogP contribution in [0.5, 0.6) is 5.75 Å². The summed E-state index contributed by atoms with van der Waals surface area (Å²) < 4.78 is 5.84. The van der Waals surface area contributed by atoms with Gasteiger partial charge in [-0.3, -0.25) is 9.59 Å². The maximum absolute atomic E-state index is 12.9. The number of hydrogen-bond donors (Lipinski definition) is 0. The number of aromatic nitrogens is 2. The highest BCUT2D eigenvalue weighted by Gasteiger charge is 2.25. The summed E-state index contributed by atoms with van der Waals surface area (Å²) in [6.07, 6.45) is 3.43. The minimum Gasteiger partial charge on any atom is -0.489 e. The number of nitrogens with zero attached hydrogens (tertiary/aromatic N) is 4. The Bertz CT molecular complexity index is 1020. The molecule has 2 heterocycles. The topological polar surface area (TPSA) is 75.6 Å². The van der Waals surface area contributed by atoms with Gasteiger partial charge in [0, 0.05) is 44.1 Å². The van der Waals surface area contributed by atoms with Crippen molar-refractivity contribution in [3.63, 3.8) is 0 Å². The number of hydrogen-bond acceptors (Lipinski definition) is 5. The molecular weight excluding hydrogens is 392 g/mol. The molecule has 0 radical (unpaired) electrons. The SMILES string of the molecule is O=C(Cc1ncccn1)N1CCN(C(=O)c2cccc(OCc3ccccc3)c2)CC1. The van der Waals surface area contributed by atoms with Crippen molar-refractivity contribution in [2.75, 3.05) is 26.2 Å². The molecule has 31 heavy (non-hydrogen) atoms. The summed E-state index contributed by atoms with van der Waals surface area (Å²) in [5.74, 6) is 1.10. The number of carbonyl (C=O) groups excluding carboxylic acids is 2. The first-order chi connectivity index (χ1) is 15.2. The summed E-state index contributed by atoms with van der Waals surface area (Å²) in [5.41, 5.74) is 1.66. The lowest BCUT2D eigenvalue weighted by atomic mass is 10.1. The highest BCUT2D eigenvalue weighted by Crippen LogP contribution is 2.18. The smallest absolute Gasteiger partial charge is 0.254 e. The maximum atomic E-state index is 12.9. The Morgan fingerprint density at radius 3 is 2.29 bits per heavy atom. The lowest BCUT2D eigenvalue weighted by molar-refractivity contribution is -0.132. The molecule has 7 heteroatoms. The van der Waals surface area contributed by atoms with Crippen LogP contribution in [0.2, 0.25) is 0 Å².